The van der Waals surface area contributed by atoms with E-state index in [0.29, 0.717) is 0 Å². The summed E-state index contributed by atoms with van der Waals surface area (Å²) in [5.74, 6) is 3.71. The number of thioether (sulfide) groups is 1. The zero-order valence-electron chi connectivity index (χ0n) is 13.2. The molecule has 20 heavy (non-hydrogen) atoms. The van der Waals surface area contributed by atoms with Crippen molar-refractivity contribution in [2.45, 2.75) is 52.0 Å². The molecule has 0 aromatic heterocycles. The Morgan fingerprint density at radius 2 is 1.75 bits per heavy atom. The number of nitrogens with one attached hydrogen (secondary N) is 1. The Bertz CT molecular complexity index is 385. The van der Waals surface area contributed by atoms with Crippen molar-refractivity contribution in [2.24, 2.45) is 5.92 Å². The molecule has 0 radical (unpaired) electrons. The van der Waals surface area contributed by atoms with Gasteiger partial charge in [-0.05, 0) is 59.8 Å². The Kier molecular flexibility index (Phi) is 5.98. The summed E-state index contributed by atoms with van der Waals surface area (Å²) >= 11 is 2.12. The molecule has 1 aliphatic heterocycles. The van der Waals surface area contributed by atoms with Gasteiger partial charge in [0, 0.05) is 6.54 Å². The van der Waals surface area contributed by atoms with E-state index in [1.807, 2.05) is 0 Å². The molecule has 2 heteroatoms. The van der Waals surface area contributed by atoms with Crippen molar-refractivity contribution in [1.29, 1.82) is 0 Å². The van der Waals surface area contributed by atoms with E-state index in [1.165, 1.54) is 41.9 Å². The molecule has 1 N–H and O–H groups in total. The largest absolute Gasteiger partial charge is 0.313 e. The Morgan fingerprint density at radius 3 is 2.35 bits per heavy atom. The second-order valence-corrected chi connectivity index (χ2v) is 8.19. The molecule has 1 nitrogen and oxygen atoms in total. The second kappa shape index (κ2) is 7.51. The molecule has 0 spiro atoms. The second-order valence-electron chi connectivity index (χ2n) is 6.97. The zero-order chi connectivity index (χ0) is 14.4. The molecule has 1 fully saturated rings. The lowest BCUT2D eigenvalue weighted by molar-refractivity contribution is 0.437. The average molecular weight is 292 g/mol. The molecule has 0 aliphatic carbocycles. The summed E-state index contributed by atoms with van der Waals surface area (Å²) in [6.45, 7) is 8.97. The third-order valence-electron chi connectivity index (χ3n) is 4.22. The fraction of sp³-hybridized carbons (Fsp3) is 0.667. The van der Waals surface area contributed by atoms with Crippen LogP contribution in [-0.4, -0.2) is 18.1 Å². The first-order chi connectivity index (χ1) is 9.55. The molecule has 0 atom stereocenters. The van der Waals surface area contributed by atoms with Gasteiger partial charge in [-0.25, -0.2) is 0 Å². The molecule has 0 amide bonds. The van der Waals surface area contributed by atoms with Gasteiger partial charge in [0.15, 0.2) is 0 Å². The van der Waals surface area contributed by atoms with Crippen LogP contribution in [0.5, 0.6) is 0 Å². The highest BCUT2D eigenvalue weighted by molar-refractivity contribution is 7.99. The van der Waals surface area contributed by atoms with Gasteiger partial charge in [-0.2, -0.15) is 11.8 Å². The lowest BCUT2D eigenvalue weighted by atomic mass is 9.87. The van der Waals surface area contributed by atoms with Crippen LogP contribution in [-0.2, 0) is 12.0 Å². The summed E-state index contributed by atoms with van der Waals surface area (Å²) in [5.41, 5.74) is 3.07. The normalized spacial score (nSPS) is 17.4. The van der Waals surface area contributed by atoms with Gasteiger partial charge < -0.3 is 5.32 Å². The number of benzene rings is 1. The van der Waals surface area contributed by atoms with Crippen molar-refractivity contribution in [2.75, 3.05) is 18.1 Å². The minimum absolute atomic E-state index is 0.255. The van der Waals surface area contributed by atoms with Crippen LogP contribution in [0.1, 0.15) is 51.2 Å². The summed E-state index contributed by atoms with van der Waals surface area (Å²) in [6, 6.07) is 9.08. The molecule has 112 valence electrons. The highest BCUT2D eigenvalue weighted by Crippen LogP contribution is 2.25. The SMILES string of the molecule is CC(C)(C)c1ccc(CNCCC2CCSCC2)cc1. The maximum Gasteiger partial charge on any atom is 0.0205 e. The van der Waals surface area contributed by atoms with Crippen molar-refractivity contribution in [3.8, 4) is 0 Å². The number of rotatable bonds is 5. The van der Waals surface area contributed by atoms with Gasteiger partial charge in [0.2, 0.25) is 0 Å². The predicted octanol–water partition coefficient (Wildman–Crippen LogP) is 4.61. The minimum Gasteiger partial charge on any atom is -0.313 e. The summed E-state index contributed by atoms with van der Waals surface area (Å²) in [7, 11) is 0. The van der Waals surface area contributed by atoms with E-state index in [4.69, 9.17) is 0 Å². The Balaban J connectivity index is 1.68. The minimum atomic E-state index is 0.255. The van der Waals surface area contributed by atoms with E-state index >= 15 is 0 Å². The monoisotopic (exact) mass is 291 g/mol. The Hall–Kier alpha value is -0.470. The van der Waals surface area contributed by atoms with E-state index < -0.39 is 0 Å². The van der Waals surface area contributed by atoms with Crippen LogP contribution in [0.4, 0.5) is 0 Å². The molecule has 0 bridgehead atoms. The standard InChI is InChI=1S/C18H29NS/c1-18(2,3)17-6-4-16(5-7-17)14-19-11-8-15-9-12-20-13-10-15/h4-7,15,19H,8-14H2,1-3H3. The Morgan fingerprint density at radius 1 is 1.10 bits per heavy atom. The lowest BCUT2D eigenvalue weighted by Gasteiger charge is -2.21. The summed E-state index contributed by atoms with van der Waals surface area (Å²) < 4.78 is 0. The van der Waals surface area contributed by atoms with Crippen LogP contribution in [0.25, 0.3) is 0 Å². The summed E-state index contributed by atoms with van der Waals surface area (Å²) in [6.07, 6.45) is 4.19. The lowest BCUT2D eigenvalue weighted by Crippen LogP contribution is -2.20. The molecule has 1 aromatic rings. The van der Waals surface area contributed by atoms with Crippen LogP contribution in [0.15, 0.2) is 24.3 Å². The van der Waals surface area contributed by atoms with Crippen molar-refractivity contribution >= 4 is 11.8 Å². The van der Waals surface area contributed by atoms with Gasteiger partial charge in [0.05, 0.1) is 0 Å². The molecule has 0 unspecified atom stereocenters. The fourth-order valence-electron chi connectivity index (χ4n) is 2.70. The van der Waals surface area contributed by atoms with Crippen LogP contribution in [0.2, 0.25) is 0 Å². The maximum absolute atomic E-state index is 3.60. The number of hydrogen-bond donors (Lipinski definition) is 1. The maximum atomic E-state index is 3.60. The Labute approximate surface area is 128 Å². The van der Waals surface area contributed by atoms with Crippen molar-refractivity contribution in [3.05, 3.63) is 35.4 Å². The summed E-state index contributed by atoms with van der Waals surface area (Å²) in [5, 5.41) is 3.60. The van der Waals surface area contributed by atoms with Gasteiger partial charge in [0.25, 0.3) is 0 Å². The first-order valence-electron chi connectivity index (χ1n) is 7.93. The van der Waals surface area contributed by atoms with Crippen LogP contribution >= 0.6 is 11.8 Å². The molecule has 1 heterocycles. The molecule has 0 saturated carbocycles. The molecule has 1 saturated heterocycles. The van der Waals surface area contributed by atoms with Gasteiger partial charge in [-0.1, -0.05) is 45.0 Å². The van der Waals surface area contributed by atoms with Gasteiger partial charge in [-0.15, -0.1) is 0 Å². The predicted molar refractivity (Wildman–Crippen MR) is 91.5 cm³/mol. The van der Waals surface area contributed by atoms with E-state index in [9.17, 15) is 0 Å². The first-order valence-corrected chi connectivity index (χ1v) is 9.09. The fourth-order valence-corrected chi connectivity index (χ4v) is 3.90. The number of hydrogen-bond acceptors (Lipinski definition) is 2. The third kappa shape index (κ3) is 5.14. The topological polar surface area (TPSA) is 12.0 Å². The van der Waals surface area contributed by atoms with E-state index in [2.05, 4.69) is 62.1 Å². The molecule has 2 rings (SSSR count). The molecular weight excluding hydrogens is 262 g/mol. The quantitative estimate of drug-likeness (QED) is 0.795. The van der Waals surface area contributed by atoms with Crippen molar-refractivity contribution in [3.63, 3.8) is 0 Å². The summed E-state index contributed by atoms with van der Waals surface area (Å²) in [4.78, 5) is 0. The molecular formula is C18H29NS. The van der Waals surface area contributed by atoms with E-state index in [1.54, 1.807) is 0 Å². The van der Waals surface area contributed by atoms with E-state index in [0.717, 1.165) is 19.0 Å². The zero-order valence-corrected chi connectivity index (χ0v) is 14.1. The smallest absolute Gasteiger partial charge is 0.0205 e. The van der Waals surface area contributed by atoms with E-state index in [-0.39, 0.29) is 5.41 Å². The average Bonchev–Trinajstić information content (AvgIpc) is 2.44. The first kappa shape index (κ1) is 15.9. The van der Waals surface area contributed by atoms with Gasteiger partial charge >= 0.3 is 0 Å². The highest BCUT2D eigenvalue weighted by atomic mass is 32.2. The highest BCUT2D eigenvalue weighted by Gasteiger charge is 2.13. The van der Waals surface area contributed by atoms with Gasteiger partial charge in [-0.3, -0.25) is 0 Å². The van der Waals surface area contributed by atoms with Crippen LogP contribution in [0, 0.1) is 5.92 Å². The van der Waals surface area contributed by atoms with Crippen LogP contribution in [0.3, 0.4) is 0 Å². The molecule has 1 aromatic carbocycles. The third-order valence-corrected chi connectivity index (χ3v) is 5.27. The molecule has 1 aliphatic rings. The van der Waals surface area contributed by atoms with Crippen LogP contribution < -0.4 is 5.32 Å². The van der Waals surface area contributed by atoms with Crippen molar-refractivity contribution < 1.29 is 0 Å². The van der Waals surface area contributed by atoms with Gasteiger partial charge in [0.1, 0.15) is 0 Å². The van der Waals surface area contributed by atoms with Crippen molar-refractivity contribution in [1.82, 2.24) is 5.32 Å².